The summed E-state index contributed by atoms with van der Waals surface area (Å²) in [4.78, 5) is 30.7. The molecule has 0 spiro atoms. The topological polar surface area (TPSA) is 172 Å². The van der Waals surface area contributed by atoms with Gasteiger partial charge in [-0.15, -0.1) is 0 Å². The Morgan fingerprint density at radius 2 is 1.21 bits per heavy atom. The van der Waals surface area contributed by atoms with Crippen LogP contribution in [0, 0.1) is 50.4 Å². The molecule has 3 N–H and O–H groups in total. The number of aldehydes is 1. The van der Waals surface area contributed by atoms with Crippen LogP contribution < -0.4 is 11.3 Å². The van der Waals surface area contributed by atoms with E-state index in [1.165, 1.54) is 13.8 Å². The van der Waals surface area contributed by atoms with E-state index in [0.717, 1.165) is 46.1 Å². The number of nitrogens with zero attached hydrogens (tertiary/aromatic N) is 6. The van der Waals surface area contributed by atoms with Gasteiger partial charge in [-0.25, -0.2) is 9.36 Å². The molecule has 3 aromatic carbocycles. The van der Waals surface area contributed by atoms with E-state index in [-0.39, 0.29) is 25.4 Å². The Morgan fingerprint density at radius 3 is 1.60 bits per heavy atom. The predicted molar refractivity (Wildman–Crippen MR) is 188 cm³/mol. The molecule has 0 atom stereocenters. The first-order valence-corrected chi connectivity index (χ1v) is 14.5. The van der Waals surface area contributed by atoms with E-state index in [0.29, 0.717) is 16.7 Å². The van der Waals surface area contributed by atoms with Gasteiger partial charge in [-0.1, -0.05) is 31.7 Å². The molecule has 0 bridgehead atoms. The summed E-state index contributed by atoms with van der Waals surface area (Å²) >= 11 is 0. The van der Waals surface area contributed by atoms with E-state index in [1.54, 1.807) is 36.4 Å². The monoisotopic (exact) mass is 646 g/mol. The number of aryl methyl sites for hydroxylation is 4. The third kappa shape index (κ3) is 13.1. The van der Waals surface area contributed by atoms with Gasteiger partial charge in [-0.05, 0) is 102 Å². The van der Waals surface area contributed by atoms with Gasteiger partial charge in [0.15, 0.2) is 0 Å². The third-order valence-corrected chi connectivity index (χ3v) is 6.15. The Bertz CT molecular complexity index is 1900. The molecule has 0 saturated carbocycles. The smallest absolute Gasteiger partial charge is 0.150 e. The first-order valence-electron chi connectivity index (χ1n) is 14.5. The van der Waals surface area contributed by atoms with Crippen molar-refractivity contribution < 1.29 is 14.4 Å². The van der Waals surface area contributed by atoms with Gasteiger partial charge < -0.3 is 5.43 Å². The second kappa shape index (κ2) is 20.1. The number of hydrazine groups is 1. The van der Waals surface area contributed by atoms with Crippen LogP contribution in [0.4, 0.5) is 5.69 Å². The third-order valence-electron chi connectivity index (χ3n) is 6.15. The molecule has 0 aliphatic heterocycles. The van der Waals surface area contributed by atoms with Crippen molar-refractivity contribution in [2.24, 2.45) is 5.84 Å². The van der Waals surface area contributed by atoms with Crippen LogP contribution in [0.2, 0.25) is 0 Å². The van der Waals surface area contributed by atoms with Gasteiger partial charge in [-0.3, -0.25) is 20.2 Å². The van der Waals surface area contributed by atoms with E-state index in [4.69, 9.17) is 16.4 Å². The molecule has 48 heavy (non-hydrogen) atoms. The van der Waals surface area contributed by atoms with Crippen LogP contribution >= 0.6 is 0 Å². The van der Waals surface area contributed by atoms with Gasteiger partial charge in [0.25, 0.3) is 0 Å². The van der Waals surface area contributed by atoms with Gasteiger partial charge in [0, 0.05) is 22.6 Å². The SMILES string of the molecule is C.CC(=O)CC(C)=O.Cc1cc(C)n(-c2cccc(C#N)c2)n1.Cc1cc(C)n(-c2cccc(C=O)c2)n1.N#Cc1cccc(NN)c1. The molecule has 0 radical (unpaired) electrons. The van der Waals surface area contributed by atoms with Crippen LogP contribution in [0.1, 0.15) is 72.0 Å². The molecule has 0 saturated heterocycles. The van der Waals surface area contributed by atoms with E-state index in [2.05, 4.69) is 21.7 Å². The van der Waals surface area contributed by atoms with Crippen LogP contribution in [0.25, 0.3) is 11.4 Å². The molecular weight excluding hydrogens is 604 g/mol. The molecule has 11 heteroatoms. The zero-order valence-electron chi connectivity index (χ0n) is 27.4. The van der Waals surface area contributed by atoms with Crippen molar-refractivity contribution in [1.82, 2.24) is 19.6 Å². The van der Waals surface area contributed by atoms with E-state index < -0.39 is 0 Å². The van der Waals surface area contributed by atoms with Crippen molar-refractivity contribution in [1.29, 1.82) is 10.5 Å². The van der Waals surface area contributed by atoms with Crippen molar-refractivity contribution in [3.63, 3.8) is 0 Å². The van der Waals surface area contributed by atoms with E-state index in [9.17, 15) is 14.4 Å². The first kappa shape index (κ1) is 39.9. The lowest BCUT2D eigenvalue weighted by atomic mass is 10.2. The summed E-state index contributed by atoms with van der Waals surface area (Å²) in [7, 11) is 0. The van der Waals surface area contributed by atoms with Crippen molar-refractivity contribution in [3.8, 4) is 23.5 Å². The average Bonchev–Trinajstić information content (AvgIpc) is 3.59. The molecule has 5 rings (SSSR count). The predicted octanol–water partition coefficient (Wildman–Crippen LogP) is 6.70. The molecule has 0 aliphatic rings. The maximum Gasteiger partial charge on any atom is 0.150 e. The fourth-order valence-corrected chi connectivity index (χ4v) is 4.25. The van der Waals surface area contributed by atoms with Crippen LogP contribution in [0.3, 0.4) is 0 Å². The number of aromatic nitrogens is 4. The number of carbonyl (C=O) groups is 3. The van der Waals surface area contributed by atoms with Gasteiger partial charge in [0.1, 0.15) is 17.9 Å². The van der Waals surface area contributed by atoms with Gasteiger partial charge in [-0.2, -0.15) is 20.7 Å². The number of benzene rings is 3. The summed E-state index contributed by atoms with van der Waals surface area (Å²) in [5.74, 6) is 4.99. The number of hydrogen-bond donors (Lipinski definition) is 2. The molecule has 5 aromatic rings. The number of nitrogen functional groups attached to an aromatic ring is 1. The summed E-state index contributed by atoms with van der Waals surface area (Å²) in [6.07, 6.45) is 0.926. The van der Waals surface area contributed by atoms with Gasteiger partial charge in [0.05, 0.1) is 52.4 Å². The van der Waals surface area contributed by atoms with Crippen molar-refractivity contribution in [2.45, 2.75) is 55.4 Å². The summed E-state index contributed by atoms with van der Waals surface area (Å²) in [5, 5.41) is 26.0. The highest BCUT2D eigenvalue weighted by Crippen LogP contribution is 2.14. The minimum atomic E-state index is -0.0625. The summed E-state index contributed by atoms with van der Waals surface area (Å²) in [6.45, 7) is 10.7. The maximum absolute atomic E-state index is 10.7. The Hall–Kier alpha value is -6.17. The van der Waals surface area contributed by atoms with Crippen molar-refractivity contribution >= 4 is 23.5 Å². The minimum absolute atomic E-state index is 0. The quantitative estimate of drug-likeness (QED) is 0.0881. The standard InChI is InChI=1S/C12H11N3.C12H12N2O.C7H7N3.C5H8O2.CH4/c1-9-6-10(2)15(14-9)12-5-3-4-11(7-12)8-13;1-9-6-10(2)14(13-9)12-5-3-4-11(7-12)8-15;8-5-6-2-1-3-7(4-6)10-9;1-4(6)3-5(2)7;/h3-7H,1-2H3;3-8H,1-2H3;1-4,10H,9H2;3H2,1-2H3;1H4. The highest BCUT2D eigenvalue weighted by Gasteiger charge is 2.05. The summed E-state index contributed by atoms with van der Waals surface area (Å²) < 4.78 is 3.68. The number of anilines is 1. The molecule has 0 aliphatic carbocycles. The van der Waals surface area contributed by atoms with E-state index >= 15 is 0 Å². The number of nitrogens with one attached hydrogen (secondary N) is 1. The highest BCUT2D eigenvalue weighted by atomic mass is 16.1. The lowest BCUT2D eigenvalue weighted by Gasteiger charge is -2.04. The lowest BCUT2D eigenvalue weighted by molar-refractivity contribution is -0.124. The zero-order valence-corrected chi connectivity index (χ0v) is 27.4. The Morgan fingerprint density at radius 1 is 0.750 bits per heavy atom. The second-order valence-electron chi connectivity index (χ2n) is 10.5. The fraction of sp³-hybridized carbons (Fsp3) is 0.216. The number of ketones is 2. The van der Waals surface area contributed by atoms with Crippen LogP contribution in [0.15, 0.2) is 84.9 Å². The Kier molecular flexibility index (Phi) is 16.7. The van der Waals surface area contributed by atoms with Gasteiger partial charge in [0.2, 0.25) is 0 Å². The van der Waals surface area contributed by atoms with Gasteiger partial charge >= 0.3 is 0 Å². The van der Waals surface area contributed by atoms with Crippen LogP contribution in [0.5, 0.6) is 0 Å². The maximum atomic E-state index is 10.7. The zero-order chi connectivity index (χ0) is 34.9. The Labute approximate surface area is 282 Å². The van der Waals surface area contributed by atoms with Crippen LogP contribution in [-0.2, 0) is 9.59 Å². The molecule has 248 valence electrons. The number of rotatable bonds is 6. The second-order valence-corrected chi connectivity index (χ2v) is 10.5. The number of carbonyl (C=O) groups excluding carboxylic acids is 3. The first-order chi connectivity index (χ1) is 22.4. The normalized spacial score (nSPS) is 9.27. The van der Waals surface area contributed by atoms with Crippen LogP contribution in [-0.4, -0.2) is 37.4 Å². The molecular formula is C37H42N8O3. The number of hydrogen-bond acceptors (Lipinski definition) is 9. The Balaban J connectivity index is 0.000000331. The average molecular weight is 647 g/mol. The minimum Gasteiger partial charge on any atom is -0.324 e. The van der Waals surface area contributed by atoms with Crippen molar-refractivity contribution in [3.05, 3.63) is 124 Å². The number of nitrogens with two attached hydrogens (primary N) is 1. The van der Waals surface area contributed by atoms with E-state index in [1.807, 2.05) is 91.7 Å². The molecule has 0 unspecified atom stereocenters. The highest BCUT2D eigenvalue weighted by molar-refractivity contribution is 5.96. The molecule has 0 amide bonds. The lowest BCUT2D eigenvalue weighted by Crippen LogP contribution is -2.06. The molecule has 2 heterocycles. The molecule has 0 fully saturated rings. The summed E-state index contributed by atoms with van der Waals surface area (Å²) in [5.41, 5.74) is 11.1. The molecule has 11 nitrogen and oxygen atoms in total. The molecule has 2 aromatic heterocycles. The van der Waals surface area contributed by atoms with Crippen molar-refractivity contribution in [2.75, 3.05) is 5.43 Å². The largest absolute Gasteiger partial charge is 0.324 e. The number of nitriles is 2. The fourth-order valence-electron chi connectivity index (χ4n) is 4.25. The summed E-state index contributed by atoms with van der Waals surface area (Å²) in [6, 6.07) is 29.9. The number of Topliss-reactive ketones (excluding diaryl/α,β-unsaturated/α-hetero) is 2.